The number of hydrogen-bond donors (Lipinski definition) is 1. The molecule has 128 valence electrons. The third-order valence-corrected chi connectivity index (χ3v) is 5.19. The molecule has 1 aliphatic carbocycles. The molecule has 0 aromatic carbocycles. The third kappa shape index (κ3) is 3.86. The number of nitrogens with one attached hydrogen (secondary N) is 1. The lowest BCUT2D eigenvalue weighted by atomic mass is 10.0. The Morgan fingerprint density at radius 2 is 2.22 bits per heavy atom. The fourth-order valence-electron chi connectivity index (χ4n) is 3.66. The van der Waals surface area contributed by atoms with Gasteiger partial charge in [0.1, 0.15) is 0 Å². The van der Waals surface area contributed by atoms with E-state index in [1.807, 2.05) is 25.0 Å². The van der Waals surface area contributed by atoms with Gasteiger partial charge in [0, 0.05) is 51.9 Å². The van der Waals surface area contributed by atoms with Crippen LogP contribution in [0.2, 0.25) is 0 Å². The highest BCUT2D eigenvalue weighted by Crippen LogP contribution is 2.34. The second kappa shape index (κ2) is 6.91. The fraction of sp³-hybridized carbons (Fsp3) is 0.765. The summed E-state index contributed by atoms with van der Waals surface area (Å²) in [6.07, 6.45) is 8.05. The normalized spacial score (nSPS) is 23.6. The van der Waals surface area contributed by atoms with Crippen LogP contribution in [0.4, 0.5) is 0 Å². The smallest absolute Gasteiger partial charge is 0.193 e. The monoisotopic (exact) mass is 318 g/mol. The van der Waals surface area contributed by atoms with Gasteiger partial charge in [-0.3, -0.25) is 9.67 Å². The minimum Gasteiger partial charge on any atom is -0.355 e. The molecular formula is C17H30N6. The van der Waals surface area contributed by atoms with Gasteiger partial charge in [-0.05, 0) is 44.8 Å². The molecule has 0 spiro atoms. The molecule has 1 aliphatic heterocycles. The van der Waals surface area contributed by atoms with Crippen molar-refractivity contribution in [1.82, 2.24) is 24.9 Å². The Labute approximate surface area is 139 Å². The van der Waals surface area contributed by atoms with Gasteiger partial charge in [-0.1, -0.05) is 0 Å². The topological polar surface area (TPSA) is 48.7 Å². The molecule has 0 amide bonds. The molecule has 1 saturated heterocycles. The number of likely N-dealkylation sites (N-methyl/N-ethyl adjacent to an activating group) is 1. The fourth-order valence-corrected chi connectivity index (χ4v) is 3.66. The highest BCUT2D eigenvalue weighted by molar-refractivity contribution is 5.80. The van der Waals surface area contributed by atoms with Crippen molar-refractivity contribution < 1.29 is 0 Å². The maximum atomic E-state index is 4.51. The minimum absolute atomic E-state index is 0.565. The van der Waals surface area contributed by atoms with Crippen LogP contribution in [0.1, 0.15) is 30.7 Å². The van der Waals surface area contributed by atoms with Gasteiger partial charge in [-0.15, -0.1) is 0 Å². The molecule has 1 saturated carbocycles. The summed E-state index contributed by atoms with van der Waals surface area (Å²) in [5.41, 5.74) is 1.34. The van der Waals surface area contributed by atoms with E-state index in [1.165, 1.54) is 24.8 Å². The standard InChI is InChI=1S/C17H30N6/c1-18-17(19-10-16(21(2)3)13-5-6-13)23-8-7-14(12-23)15-9-20-22(4)11-15/h9,11,13-14,16H,5-8,10,12H2,1-4H3,(H,18,19). The number of guanidine groups is 1. The second-order valence-corrected chi connectivity index (χ2v) is 7.18. The van der Waals surface area contributed by atoms with E-state index in [0.717, 1.165) is 31.5 Å². The SMILES string of the molecule is CN=C(NCC(C1CC1)N(C)C)N1CCC(c2cnn(C)c2)C1. The third-order valence-electron chi connectivity index (χ3n) is 5.19. The van der Waals surface area contributed by atoms with Crippen molar-refractivity contribution in [3.05, 3.63) is 18.0 Å². The Bertz CT molecular complexity index is 543. The van der Waals surface area contributed by atoms with Crippen LogP contribution < -0.4 is 5.32 Å². The summed E-state index contributed by atoms with van der Waals surface area (Å²) in [7, 11) is 8.24. The first-order valence-electron chi connectivity index (χ1n) is 8.69. The summed E-state index contributed by atoms with van der Waals surface area (Å²) in [5.74, 6) is 2.47. The number of aliphatic imine (C=N–C) groups is 1. The minimum atomic E-state index is 0.565. The molecular weight excluding hydrogens is 288 g/mol. The van der Waals surface area contributed by atoms with Crippen molar-refractivity contribution in [2.45, 2.75) is 31.2 Å². The summed E-state index contributed by atoms with van der Waals surface area (Å²) >= 11 is 0. The molecule has 2 heterocycles. The number of likely N-dealkylation sites (tertiary alicyclic amines) is 1. The van der Waals surface area contributed by atoms with Crippen LogP contribution in [0, 0.1) is 5.92 Å². The highest BCUT2D eigenvalue weighted by atomic mass is 15.3. The maximum absolute atomic E-state index is 4.51. The Hall–Kier alpha value is -1.56. The number of hydrogen-bond acceptors (Lipinski definition) is 3. The maximum Gasteiger partial charge on any atom is 0.193 e. The molecule has 2 fully saturated rings. The van der Waals surface area contributed by atoms with Crippen molar-refractivity contribution in [3.8, 4) is 0 Å². The Balaban J connectivity index is 1.55. The Morgan fingerprint density at radius 3 is 2.78 bits per heavy atom. The van der Waals surface area contributed by atoms with Crippen molar-refractivity contribution in [1.29, 1.82) is 0 Å². The van der Waals surface area contributed by atoms with Gasteiger partial charge in [0.2, 0.25) is 0 Å². The average molecular weight is 318 g/mol. The molecule has 6 nitrogen and oxygen atoms in total. The van der Waals surface area contributed by atoms with Gasteiger partial charge >= 0.3 is 0 Å². The molecule has 2 unspecified atom stereocenters. The van der Waals surface area contributed by atoms with Crippen molar-refractivity contribution in [3.63, 3.8) is 0 Å². The van der Waals surface area contributed by atoms with Crippen LogP contribution >= 0.6 is 0 Å². The first-order chi connectivity index (χ1) is 11.1. The number of nitrogens with zero attached hydrogens (tertiary/aromatic N) is 5. The molecule has 1 N–H and O–H groups in total. The van der Waals surface area contributed by atoms with Crippen molar-refractivity contribution >= 4 is 5.96 Å². The van der Waals surface area contributed by atoms with Crippen LogP contribution in [-0.2, 0) is 7.05 Å². The summed E-state index contributed by atoms with van der Waals surface area (Å²) in [5, 5.41) is 7.91. The lowest BCUT2D eigenvalue weighted by Gasteiger charge is -2.28. The van der Waals surface area contributed by atoms with Crippen LogP contribution in [-0.4, -0.2) is 72.4 Å². The van der Waals surface area contributed by atoms with E-state index in [2.05, 4.69) is 45.5 Å². The van der Waals surface area contributed by atoms with Crippen LogP contribution in [0.5, 0.6) is 0 Å². The van der Waals surface area contributed by atoms with Crippen LogP contribution in [0.15, 0.2) is 17.4 Å². The van der Waals surface area contributed by atoms with E-state index < -0.39 is 0 Å². The predicted molar refractivity (Wildman–Crippen MR) is 93.7 cm³/mol. The first kappa shape index (κ1) is 16.3. The average Bonchev–Trinajstić information content (AvgIpc) is 3.06. The van der Waals surface area contributed by atoms with Gasteiger partial charge in [0.25, 0.3) is 0 Å². The van der Waals surface area contributed by atoms with Crippen molar-refractivity contribution in [2.75, 3.05) is 40.8 Å². The van der Waals surface area contributed by atoms with E-state index in [4.69, 9.17) is 0 Å². The second-order valence-electron chi connectivity index (χ2n) is 7.18. The Kier molecular flexibility index (Phi) is 4.90. The van der Waals surface area contributed by atoms with Gasteiger partial charge in [-0.25, -0.2) is 0 Å². The van der Waals surface area contributed by atoms with Crippen LogP contribution in [0.25, 0.3) is 0 Å². The predicted octanol–water partition coefficient (Wildman–Crippen LogP) is 1.13. The van der Waals surface area contributed by atoms with Gasteiger partial charge in [0.15, 0.2) is 5.96 Å². The Morgan fingerprint density at radius 1 is 1.43 bits per heavy atom. The first-order valence-corrected chi connectivity index (χ1v) is 8.69. The molecule has 2 atom stereocenters. The zero-order chi connectivity index (χ0) is 16.4. The molecule has 0 radical (unpaired) electrons. The summed E-state index contributed by atoms with van der Waals surface area (Å²) in [6.45, 7) is 3.08. The lowest BCUT2D eigenvalue weighted by molar-refractivity contribution is 0.262. The largest absolute Gasteiger partial charge is 0.355 e. The van der Waals surface area contributed by atoms with E-state index in [9.17, 15) is 0 Å². The number of rotatable bonds is 5. The lowest BCUT2D eigenvalue weighted by Crippen LogP contribution is -2.47. The summed E-state index contributed by atoms with van der Waals surface area (Å²) in [6, 6.07) is 0.614. The molecule has 1 aromatic rings. The van der Waals surface area contributed by atoms with Gasteiger partial charge in [0.05, 0.1) is 6.20 Å². The summed E-state index contributed by atoms with van der Waals surface area (Å²) in [4.78, 5) is 9.24. The van der Waals surface area contributed by atoms with Gasteiger partial charge in [-0.2, -0.15) is 5.10 Å². The van der Waals surface area contributed by atoms with Crippen molar-refractivity contribution in [2.24, 2.45) is 18.0 Å². The highest BCUT2D eigenvalue weighted by Gasteiger charge is 2.33. The van der Waals surface area contributed by atoms with E-state index >= 15 is 0 Å². The summed E-state index contributed by atoms with van der Waals surface area (Å²) < 4.78 is 1.89. The van der Waals surface area contributed by atoms with E-state index in [0.29, 0.717) is 12.0 Å². The quantitative estimate of drug-likeness (QED) is 0.653. The number of aromatic nitrogens is 2. The number of aryl methyl sites for hydroxylation is 1. The zero-order valence-corrected chi connectivity index (χ0v) is 14.9. The van der Waals surface area contributed by atoms with E-state index in [1.54, 1.807) is 0 Å². The molecule has 23 heavy (non-hydrogen) atoms. The molecule has 0 bridgehead atoms. The van der Waals surface area contributed by atoms with Crippen LogP contribution in [0.3, 0.4) is 0 Å². The van der Waals surface area contributed by atoms with Gasteiger partial charge < -0.3 is 15.1 Å². The molecule has 1 aromatic heterocycles. The van der Waals surface area contributed by atoms with E-state index in [-0.39, 0.29) is 0 Å². The zero-order valence-electron chi connectivity index (χ0n) is 14.9. The molecule has 3 rings (SSSR count). The molecule has 2 aliphatic rings. The molecule has 6 heteroatoms.